The molecule has 1 fully saturated rings. The van der Waals surface area contributed by atoms with Crippen LogP contribution in [0.15, 0.2) is 34.2 Å². The van der Waals surface area contributed by atoms with E-state index in [-0.39, 0.29) is 11.0 Å². The zero-order chi connectivity index (χ0) is 21.4. The highest BCUT2D eigenvalue weighted by Gasteiger charge is 2.44. The summed E-state index contributed by atoms with van der Waals surface area (Å²) in [5, 5.41) is 10.0. The third-order valence-electron chi connectivity index (χ3n) is 7.21. The van der Waals surface area contributed by atoms with Gasteiger partial charge in [0.2, 0.25) is 5.78 Å². The van der Waals surface area contributed by atoms with Gasteiger partial charge in [-0.1, -0.05) is 75.1 Å². The SMILES string of the molecule is CCCCCSc1nnc2n(CC)c(=O)c3c(n12)-c1ccccc1CC31CCCCC1. The third kappa shape index (κ3) is 3.34. The lowest BCUT2D eigenvalue weighted by Gasteiger charge is -2.42. The van der Waals surface area contributed by atoms with Gasteiger partial charge in [0.25, 0.3) is 5.56 Å². The maximum atomic E-state index is 13.9. The number of rotatable bonds is 6. The van der Waals surface area contributed by atoms with Gasteiger partial charge in [0.15, 0.2) is 5.16 Å². The molecular formula is C25H32N4OS. The van der Waals surface area contributed by atoms with Gasteiger partial charge in [-0.15, -0.1) is 10.2 Å². The summed E-state index contributed by atoms with van der Waals surface area (Å²) >= 11 is 1.78. The minimum absolute atomic E-state index is 0.0570. The highest BCUT2D eigenvalue weighted by atomic mass is 32.2. The summed E-state index contributed by atoms with van der Waals surface area (Å²) in [6.07, 6.45) is 10.5. The summed E-state index contributed by atoms with van der Waals surface area (Å²) in [6.45, 7) is 4.89. The number of thioether (sulfide) groups is 1. The first-order chi connectivity index (χ1) is 15.2. The van der Waals surface area contributed by atoms with Gasteiger partial charge in [-0.3, -0.25) is 13.8 Å². The number of hydrogen-bond donors (Lipinski definition) is 0. The number of hydrogen-bond acceptors (Lipinski definition) is 4. The van der Waals surface area contributed by atoms with E-state index in [1.807, 2.05) is 11.5 Å². The predicted octanol–water partition coefficient (Wildman–Crippen LogP) is 5.62. The van der Waals surface area contributed by atoms with Crippen LogP contribution in [0.25, 0.3) is 17.0 Å². The van der Waals surface area contributed by atoms with Gasteiger partial charge >= 0.3 is 0 Å². The van der Waals surface area contributed by atoms with Gasteiger partial charge < -0.3 is 0 Å². The molecule has 6 heteroatoms. The molecule has 2 heterocycles. The molecule has 1 aromatic carbocycles. The van der Waals surface area contributed by atoms with E-state index in [0.29, 0.717) is 12.3 Å². The fourth-order valence-corrected chi connectivity index (χ4v) is 6.64. The van der Waals surface area contributed by atoms with Crippen LogP contribution >= 0.6 is 11.8 Å². The minimum atomic E-state index is -0.0570. The Hall–Kier alpha value is -2.08. The number of fused-ring (bicyclic) bond motifs is 6. The molecule has 0 amide bonds. The fourth-order valence-electron chi connectivity index (χ4n) is 5.71. The Labute approximate surface area is 188 Å². The number of unbranched alkanes of at least 4 members (excludes halogenated alkanes) is 2. The van der Waals surface area contributed by atoms with Crippen LogP contribution < -0.4 is 5.56 Å². The van der Waals surface area contributed by atoms with Gasteiger partial charge in [-0.05, 0) is 38.2 Å². The second kappa shape index (κ2) is 8.45. The molecule has 2 aliphatic carbocycles. The smallest absolute Gasteiger partial charge is 0.259 e. The molecule has 0 atom stereocenters. The topological polar surface area (TPSA) is 52.2 Å². The van der Waals surface area contributed by atoms with Crippen LogP contribution in [-0.4, -0.2) is 24.9 Å². The zero-order valence-corrected chi connectivity index (χ0v) is 19.5. The van der Waals surface area contributed by atoms with Crippen LogP contribution in [0.5, 0.6) is 0 Å². The van der Waals surface area contributed by atoms with Crippen molar-refractivity contribution in [1.29, 1.82) is 0 Å². The molecule has 0 bridgehead atoms. The molecule has 1 spiro atoms. The molecule has 0 aliphatic heterocycles. The van der Waals surface area contributed by atoms with E-state index in [0.717, 1.165) is 41.4 Å². The molecule has 2 aliphatic rings. The molecule has 164 valence electrons. The van der Waals surface area contributed by atoms with E-state index >= 15 is 0 Å². The largest absolute Gasteiger partial charge is 0.277 e. The Morgan fingerprint density at radius 3 is 2.65 bits per heavy atom. The molecular weight excluding hydrogens is 404 g/mol. The molecule has 2 aromatic heterocycles. The molecule has 3 aromatic rings. The average molecular weight is 437 g/mol. The van der Waals surface area contributed by atoms with Gasteiger partial charge in [0.05, 0.1) is 5.69 Å². The van der Waals surface area contributed by atoms with Crippen molar-refractivity contribution in [2.45, 2.75) is 88.8 Å². The van der Waals surface area contributed by atoms with Crippen LogP contribution in [-0.2, 0) is 18.4 Å². The quantitative estimate of drug-likeness (QED) is 0.372. The van der Waals surface area contributed by atoms with Gasteiger partial charge in [0.1, 0.15) is 0 Å². The van der Waals surface area contributed by atoms with E-state index in [9.17, 15) is 4.79 Å². The number of benzene rings is 1. The van der Waals surface area contributed by atoms with Crippen molar-refractivity contribution in [3.63, 3.8) is 0 Å². The van der Waals surface area contributed by atoms with Crippen molar-refractivity contribution in [1.82, 2.24) is 19.2 Å². The fraction of sp³-hybridized carbons (Fsp3) is 0.560. The molecule has 31 heavy (non-hydrogen) atoms. The highest BCUT2D eigenvalue weighted by Crippen LogP contribution is 2.49. The zero-order valence-electron chi connectivity index (χ0n) is 18.7. The van der Waals surface area contributed by atoms with Crippen molar-refractivity contribution >= 4 is 17.5 Å². The normalized spacial score (nSPS) is 17.1. The second-order valence-electron chi connectivity index (χ2n) is 9.12. The van der Waals surface area contributed by atoms with Crippen molar-refractivity contribution < 1.29 is 0 Å². The average Bonchev–Trinajstić information content (AvgIpc) is 3.20. The van der Waals surface area contributed by atoms with Crippen LogP contribution in [0.3, 0.4) is 0 Å². The molecule has 0 N–H and O–H groups in total. The third-order valence-corrected chi connectivity index (χ3v) is 8.23. The van der Waals surface area contributed by atoms with E-state index in [1.54, 1.807) is 11.8 Å². The Morgan fingerprint density at radius 1 is 1.06 bits per heavy atom. The molecule has 0 saturated heterocycles. The number of aromatic nitrogens is 4. The molecule has 5 rings (SSSR count). The second-order valence-corrected chi connectivity index (χ2v) is 10.2. The first kappa shape index (κ1) is 20.8. The monoisotopic (exact) mass is 436 g/mol. The van der Waals surface area contributed by atoms with Crippen LogP contribution in [0, 0.1) is 0 Å². The van der Waals surface area contributed by atoms with E-state index in [1.165, 1.54) is 49.7 Å². The van der Waals surface area contributed by atoms with Gasteiger partial charge in [-0.2, -0.15) is 0 Å². The summed E-state index contributed by atoms with van der Waals surface area (Å²) in [5.41, 5.74) is 4.73. The minimum Gasteiger partial charge on any atom is -0.277 e. The Kier molecular flexibility index (Phi) is 5.67. The van der Waals surface area contributed by atoms with Crippen molar-refractivity contribution in [2.75, 3.05) is 5.75 Å². The van der Waals surface area contributed by atoms with Gasteiger partial charge in [0, 0.05) is 28.8 Å². The molecule has 0 unspecified atom stereocenters. The van der Waals surface area contributed by atoms with Crippen LogP contribution in [0.2, 0.25) is 0 Å². The van der Waals surface area contributed by atoms with E-state index in [4.69, 9.17) is 0 Å². The van der Waals surface area contributed by atoms with Gasteiger partial charge in [-0.25, -0.2) is 0 Å². The summed E-state index contributed by atoms with van der Waals surface area (Å²) in [6, 6.07) is 8.67. The molecule has 1 saturated carbocycles. The maximum absolute atomic E-state index is 13.9. The lowest BCUT2D eigenvalue weighted by Crippen LogP contribution is -2.43. The predicted molar refractivity (Wildman–Crippen MR) is 127 cm³/mol. The van der Waals surface area contributed by atoms with E-state index < -0.39 is 0 Å². The Bertz CT molecular complexity index is 1160. The Morgan fingerprint density at radius 2 is 1.87 bits per heavy atom. The molecule has 5 nitrogen and oxygen atoms in total. The van der Waals surface area contributed by atoms with Crippen molar-refractivity contribution in [3.05, 3.63) is 45.7 Å². The lowest BCUT2D eigenvalue weighted by atomic mass is 9.62. The Balaban J connectivity index is 1.80. The lowest BCUT2D eigenvalue weighted by molar-refractivity contribution is 0.283. The van der Waals surface area contributed by atoms with E-state index in [2.05, 4.69) is 45.8 Å². The number of aryl methyl sites for hydroxylation is 1. The summed E-state index contributed by atoms with van der Waals surface area (Å²) in [4.78, 5) is 13.9. The summed E-state index contributed by atoms with van der Waals surface area (Å²) in [7, 11) is 0. The summed E-state index contributed by atoms with van der Waals surface area (Å²) < 4.78 is 4.07. The standard InChI is InChI=1S/C25H32N4OS/c1-3-5-11-16-31-24-27-26-23-28(4-2)22(30)20-21(29(23)24)19-13-8-7-12-18(19)17-25(20)14-9-6-10-15-25/h7-8,12-13H,3-6,9-11,14-17H2,1-2H3. The van der Waals surface area contributed by atoms with Crippen molar-refractivity contribution in [3.8, 4) is 11.3 Å². The molecule has 0 radical (unpaired) electrons. The first-order valence-corrected chi connectivity index (χ1v) is 12.9. The summed E-state index contributed by atoms with van der Waals surface area (Å²) in [5.74, 6) is 1.72. The van der Waals surface area contributed by atoms with Crippen LogP contribution in [0.4, 0.5) is 0 Å². The maximum Gasteiger partial charge on any atom is 0.259 e. The van der Waals surface area contributed by atoms with Crippen LogP contribution in [0.1, 0.15) is 76.3 Å². The first-order valence-electron chi connectivity index (χ1n) is 11.9. The number of nitrogens with zero attached hydrogens (tertiary/aromatic N) is 4. The highest BCUT2D eigenvalue weighted by molar-refractivity contribution is 7.99. The van der Waals surface area contributed by atoms with Crippen molar-refractivity contribution in [2.24, 2.45) is 0 Å².